The standard InChI is InChI=1S/C24H32N2O2/c1-23(2)16-20(17-24(3,4)26-23)25-22(27)19-10-12-21(13-11-19)28-15-14-18-8-6-5-7-9-18/h5-13,20,26H,14-17H2,1-4H3,(H,25,27). The average Bonchev–Trinajstić information content (AvgIpc) is 2.60. The summed E-state index contributed by atoms with van der Waals surface area (Å²) < 4.78 is 5.81. The lowest BCUT2D eigenvalue weighted by atomic mass is 9.79. The number of nitrogens with one attached hydrogen (secondary N) is 2. The number of carbonyl (C=O) groups is 1. The van der Waals surface area contributed by atoms with Gasteiger partial charge in [-0.1, -0.05) is 30.3 Å². The first-order valence-corrected chi connectivity index (χ1v) is 10.1. The molecule has 1 aliphatic heterocycles. The van der Waals surface area contributed by atoms with E-state index in [1.165, 1.54) is 5.56 Å². The molecule has 2 aromatic rings. The van der Waals surface area contributed by atoms with E-state index < -0.39 is 0 Å². The Bertz CT molecular complexity index is 766. The van der Waals surface area contributed by atoms with Crippen LogP contribution >= 0.6 is 0 Å². The summed E-state index contributed by atoms with van der Waals surface area (Å²) in [5.74, 6) is 0.769. The minimum atomic E-state index is -0.0191. The molecule has 0 atom stereocenters. The second-order valence-corrected chi connectivity index (χ2v) is 9.08. The number of benzene rings is 2. The fraction of sp³-hybridized carbons (Fsp3) is 0.458. The predicted octanol–water partition coefficient (Wildman–Crippen LogP) is 4.35. The van der Waals surface area contributed by atoms with Crippen molar-refractivity contribution in [2.24, 2.45) is 0 Å². The van der Waals surface area contributed by atoms with Gasteiger partial charge >= 0.3 is 0 Å². The van der Waals surface area contributed by atoms with Crippen molar-refractivity contribution in [2.45, 2.75) is 64.1 Å². The highest BCUT2D eigenvalue weighted by molar-refractivity contribution is 5.94. The van der Waals surface area contributed by atoms with Gasteiger partial charge in [-0.05, 0) is 70.4 Å². The normalized spacial score (nSPS) is 18.4. The van der Waals surface area contributed by atoms with Crippen LogP contribution in [-0.4, -0.2) is 29.6 Å². The second kappa shape index (κ2) is 8.36. The Hall–Kier alpha value is -2.33. The van der Waals surface area contributed by atoms with Gasteiger partial charge in [0.2, 0.25) is 0 Å². The van der Waals surface area contributed by atoms with E-state index in [0.29, 0.717) is 12.2 Å². The van der Waals surface area contributed by atoms with E-state index in [-0.39, 0.29) is 23.0 Å². The lowest BCUT2D eigenvalue weighted by Gasteiger charge is -2.46. The molecule has 0 aromatic heterocycles. The molecule has 0 bridgehead atoms. The first-order valence-electron chi connectivity index (χ1n) is 10.1. The zero-order chi connectivity index (χ0) is 20.2. The molecule has 4 nitrogen and oxygen atoms in total. The van der Waals surface area contributed by atoms with Crippen LogP contribution in [0.1, 0.15) is 56.5 Å². The summed E-state index contributed by atoms with van der Waals surface area (Å²) in [6.07, 6.45) is 2.70. The lowest BCUT2D eigenvalue weighted by molar-refractivity contribution is 0.0873. The molecule has 1 fully saturated rings. The molecular formula is C24H32N2O2. The second-order valence-electron chi connectivity index (χ2n) is 9.08. The van der Waals surface area contributed by atoms with E-state index in [2.05, 4.69) is 50.5 Å². The Balaban J connectivity index is 1.52. The summed E-state index contributed by atoms with van der Waals surface area (Å²) in [7, 11) is 0. The van der Waals surface area contributed by atoms with Crippen LogP contribution in [0.5, 0.6) is 5.75 Å². The largest absolute Gasteiger partial charge is 0.493 e. The zero-order valence-corrected chi connectivity index (χ0v) is 17.4. The zero-order valence-electron chi connectivity index (χ0n) is 17.4. The third-order valence-electron chi connectivity index (χ3n) is 5.14. The van der Waals surface area contributed by atoms with Crippen LogP contribution in [-0.2, 0) is 6.42 Å². The number of rotatable bonds is 6. The van der Waals surface area contributed by atoms with Crippen LogP contribution in [0.2, 0.25) is 0 Å². The van der Waals surface area contributed by atoms with Crippen LogP contribution < -0.4 is 15.4 Å². The van der Waals surface area contributed by atoms with E-state index in [9.17, 15) is 4.79 Å². The summed E-state index contributed by atoms with van der Waals surface area (Å²) in [6.45, 7) is 9.38. The molecule has 150 valence electrons. The van der Waals surface area contributed by atoms with Crippen molar-refractivity contribution in [1.29, 1.82) is 0 Å². The third-order valence-corrected chi connectivity index (χ3v) is 5.14. The minimum Gasteiger partial charge on any atom is -0.493 e. The number of carbonyl (C=O) groups excluding carboxylic acids is 1. The molecule has 3 rings (SSSR count). The quantitative estimate of drug-likeness (QED) is 0.783. The van der Waals surface area contributed by atoms with Gasteiger partial charge in [0.15, 0.2) is 0 Å². The number of ether oxygens (including phenoxy) is 1. The Morgan fingerprint density at radius 3 is 2.21 bits per heavy atom. The molecule has 4 heteroatoms. The predicted molar refractivity (Wildman–Crippen MR) is 114 cm³/mol. The first kappa shape index (κ1) is 20.4. The molecule has 1 aliphatic rings. The van der Waals surface area contributed by atoms with Crippen LogP contribution in [0.15, 0.2) is 54.6 Å². The third kappa shape index (κ3) is 5.83. The van der Waals surface area contributed by atoms with Crippen molar-refractivity contribution in [3.8, 4) is 5.75 Å². The van der Waals surface area contributed by atoms with Crippen molar-refractivity contribution in [2.75, 3.05) is 6.61 Å². The monoisotopic (exact) mass is 380 g/mol. The molecule has 2 aromatic carbocycles. The van der Waals surface area contributed by atoms with Gasteiger partial charge < -0.3 is 15.4 Å². The molecule has 1 heterocycles. The molecular weight excluding hydrogens is 348 g/mol. The summed E-state index contributed by atoms with van der Waals surface area (Å²) in [5.41, 5.74) is 1.95. The highest BCUT2D eigenvalue weighted by Crippen LogP contribution is 2.28. The van der Waals surface area contributed by atoms with Crippen molar-refractivity contribution >= 4 is 5.91 Å². The number of amides is 1. The van der Waals surface area contributed by atoms with Gasteiger partial charge in [-0.2, -0.15) is 0 Å². The molecule has 0 unspecified atom stereocenters. The van der Waals surface area contributed by atoms with Crippen molar-refractivity contribution in [3.63, 3.8) is 0 Å². The maximum absolute atomic E-state index is 12.7. The van der Waals surface area contributed by atoms with Crippen molar-refractivity contribution in [3.05, 3.63) is 65.7 Å². The van der Waals surface area contributed by atoms with Crippen LogP contribution in [0, 0.1) is 0 Å². The van der Waals surface area contributed by atoms with Crippen molar-refractivity contribution < 1.29 is 9.53 Å². The molecule has 1 saturated heterocycles. The lowest BCUT2D eigenvalue weighted by Crippen LogP contribution is -2.62. The summed E-state index contributed by atoms with van der Waals surface area (Å²) >= 11 is 0. The van der Waals surface area contributed by atoms with E-state index in [1.54, 1.807) is 0 Å². The van der Waals surface area contributed by atoms with Gasteiger partial charge in [-0.3, -0.25) is 4.79 Å². The van der Waals surface area contributed by atoms with Gasteiger partial charge in [0.25, 0.3) is 5.91 Å². The van der Waals surface area contributed by atoms with E-state index in [1.807, 2.05) is 42.5 Å². The highest BCUT2D eigenvalue weighted by Gasteiger charge is 2.38. The molecule has 0 radical (unpaired) electrons. The smallest absolute Gasteiger partial charge is 0.251 e. The molecule has 0 spiro atoms. The maximum Gasteiger partial charge on any atom is 0.251 e. The summed E-state index contributed by atoms with van der Waals surface area (Å²) in [5, 5.41) is 6.86. The van der Waals surface area contributed by atoms with Crippen LogP contribution in [0.3, 0.4) is 0 Å². The van der Waals surface area contributed by atoms with Crippen LogP contribution in [0.4, 0.5) is 0 Å². The Labute approximate surface area is 168 Å². The molecule has 28 heavy (non-hydrogen) atoms. The first-order chi connectivity index (χ1) is 13.2. The van der Waals surface area contributed by atoms with Crippen molar-refractivity contribution in [1.82, 2.24) is 10.6 Å². The van der Waals surface area contributed by atoms with Gasteiger partial charge in [0, 0.05) is 29.1 Å². The maximum atomic E-state index is 12.7. The molecule has 0 saturated carbocycles. The van der Waals surface area contributed by atoms with E-state index in [0.717, 1.165) is 25.0 Å². The van der Waals surface area contributed by atoms with Gasteiger partial charge in [0.1, 0.15) is 5.75 Å². The molecule has 0 aliphatic carbocycles. The molecule has 1 amide bonds. The summed E-state index contributed by atoms with van der Waals surface area (Å²) in [6, 6.07) is 17.9. The molecule has 2 N–H and O–H groups in total. The minimum absolute atomic E-state index is 0.0101. The van der Waals surface area contributed by atoms with E-state index >= 15 is 0 Å². The Kier molecular flexibility index (Phi) is 6.09. The topological polar surface area (TPSA) is 50.4 Å². The number of piperidine rings is 1. The Morgan fingerprint density at radius 2 is 1.61 bits per heavy atom. The van der Waals surface area contributed by atoms with Gasteiger partial charge in [-0.15, -0.1) is 0 Å². The van der Waals surface area contributed by atoms with Gasteiger partial charge in [0.05, 0.1) is 6.61 Å². The number of hydrogen-bond acceptors (Lipinski definition) is 3. The summed E-state index contributed by atoms with van der Waals surface area (Å²) in [4.78, 5) is 12.7. The Morgan fingerprint density at radius 1 is 1.00 bits per heavy atom. The number of hydrogen-bond donors (Lipinski definition) is 2. The van der Waals surface area contributed by atoms with Crippen LogP contribution in [0.25, 0.3) is 0 Å². The fourth-order valence-corrected chi connectivity index (χ4v) is 4.33. The highest BCUT2D eigenvalue weighted by atomic mass is 16.5. The average molecular weight is 381 g/mol. The van der Waals surface area contributed by atoms with Gasteiger partial charge in [-0.25, -0.2) is 0 Å². The fourth-order valence-electron chi connectivity index (χ4n) is 4.33. The SMILES string of the molecule is CC1(C)CC(NC(=O)c2ccc(OCCc3ccccc3)cc2)CC(C)(C)N1. The van der Waals surface area contributed by atoms with E-state index in [4.69, 9.17) is 4.74 Å².